The van der Waals surface area contributed by atoms with Crippen molar-refractivity contribution in [2.45, 2.75) is 32.9 Å². The second-order valence-electron chi connectivity index (χ2n) is 7.00. The minimum absolute atomic E-state index is 0.111. The second-order valence-corrected chi connectivity index (χ2v) is 7.39. The van der Waals surface area contributed by atoms with E-state index in [0.29, 0.717) is 29.5 Å². The average Bonchev–Trinajstić information content (AvgIpc) is 2.74. The van der Waals surface area contributed by atoms with Crippen LogP contribution >= 0.6 is 12.2 Å². The van der Waals surface area contributed by atoms with Gasteiger partial charge in [-0.05, 0) is 47.8 Å². The molecule has 0 atom stereocenters. The largest absolute Gasteiger partial charge is 0.497 e. The fraction of sp³-hybridized carbons (Fsp3) is 0.304. The van der Waals surface area contributed by atoms with Gasteiger partial charge in [0.2, 0.25) is 0 Å². The molecule has 3 rings (SSSR count). The molecule has 0 spiro atoms. The van der Waals surface area contributed by atoms with Gasteiger partial charge in [0.25, 0.3) is 5.56 Å². The molecule has 0 unspecified atom stereocenters. The smallest absolute Gasteiger partial charge is 0.253 e. The number of benzene rings is 2. The molecule has 1 aromatic heterocycles. The maximum absolute atomic E-state index is 12.7. The number of H-pyrrole nitrogens is 1. The number of nitrogens with zero attached hydrogens (tertiary/aromatic N) is 1. The van der Waals surface area contributed by atoms with Crippen LogP contribution < -0.4 is 15.6 Å². The van der Waals surface area contributed by atoms with Crippen molar-refractivity contribution < 1.29 is 4.74 Å². The first-order valence-electron chi connectivity index (χ1n) is 9.87. The third kappa shape index (κ3) is 5.57. The minimum Gasteiger partial charge on any atom is -0.497 e. The lowest BCUT2D eigenvalue weighted by molar-refractivity contribution is 0.397. The number of aromatic amines is 1. The molecule has 152 valence electrons. The van der Waals surface area contributed by atoms with Crippen LogP contribution in [0.25, 0.3) is 10.9 Å². The van der Waals surface area contributed by atoms with E-state index >= 15 is 0 Å². The molecule has 1 heterocycles. The van der Waals surface area contributed by atoms with Gasteiger partial charge in [-0.1, -0.05) is 43.7 Å². The van der Waals surface area contributed by atoms with Crippen LogP contribution in [0.1, 0.15) is 30.9 Å². The van der Waals surface area contributed by atoms with Gasteiger partial charge >= 0.3 is 0 Å². The maximum Gasteiger partial charge on any atom is 0.253 e. The van der Waals surface area contributed by atoms with Crippen LogP contribution in [-0.4, -0.2) is 28.7 Å². The maximum atomic E-state index is 12.7. The van der Waals surface area contributed by atoms with Crippen molar-refractivity contribution in [3.05, 3.63) is 76.1 Å². The summed E-state index contributed by atoms with van der Waals surface area (Å²) in [5.74, 6) is 0.716. The minimum atomic E-state index is -0.111. The van der Waals surface area contributed by atoms with Crippen LogP contribution in [-0.2, 0) is 13.1 Å². The second kappa shape index (κ2) is 10.1. The zero-order valence-corrected chi connectivity index (χ0v) is 17.7. The summed E-state index contributed by atoms with van der Waals surface area (Å²) in [7, 11) is 1.61. The molecule has 5 nitrogen and oxygen atoms in total. The van der Waals surface area contributed by atoms with Crippen molar-refractivity contribution in [3.63, 3.8) is 0 Å². The molecule has 0 fully saturated rings. The van der Waals surface area contributed by atoms with Gasteiger partial charge in [-0.3, -0.25) is 4.79 Å². The summed E-state index contributed by atoms with van der Waals surface area (Å²) in [5, 5.41) is 4.95. The summed E-state index contributed by atoms with van der Waals surface area (Å²) >= 11 is 5.65. The molecular weight excluding hydrogens is 382 g/mol. The highest BCUT2D eigenvalue weighted by Gasteiger charge is 2.14. The van der Waals surface area contributed by atoms with Crippen molar-refractivity contribution in [2.75, 3.05) is 13.7 Å². The van der Waals surface area contributed by atoms with Crippen LogP contribution in [0, 0.1) is 0 Å². The Morgan fingerprint density at radius 1 is 1.14 bits per heavy atom. The monoisotopic (exact) mass is 409 g/mol. The number of thiocarbonyl (C=S) groups is 1. The number of nitrogens with one attached hydrogen (secondary N) is 2. The molecule has 29 heavy (non-hydrogen) atoms. The Hall–Kier alpha value is -2.86. The number of fused-ring (bicyclic) bond motifs is 1. The molecule has 0 saturated heterocycles. The SMILES string of the molecule is CCCCNC(=S)N(Cc1ccccc1)Cc1cc2ccc(OC)cc2[nH]c1=O. The van der Waals surface area contributed by atoms with Crippen LogP contribution in [0.4, 0.5) is 0 Å². The number of methoxy groups -OCH3 is 1. The third-order valence-electron chi connectivity index (χ3n) is 4.80. The topological polar surface area (TPSA) is 57.4 Å². The molecule has 0 saturated carbocycles. The first kappa shape index (κ1) is 20.9. The van der Waals surface area contributed by atoms with E-state index in [0.717, 1.165) is 35.9 Å². The van der Waals surface area contributed by atoms with Gasteiger partial charge < -0.3 is 19.9 Å². The normalized spacial score (nSPS) is 10.7. The molecule has 2 N–H and O–H groups in total. The number of hydrogen-bond acceptors (Lipinski definition) is 3. The van der Waals surface area contributed by atoms with Crippen molar-refractivity contribution in [3.8, 4) is 5.75 Å². The molecule has 3 aromatic rings. The summed E-state index contributed by atoms with van der Waals surface area (Å²) in [6.45, 7) is 4.05. The third-order valence-corrected chi connectivity index (χ3v) is 5.20. The molecule has 0 bridgehead atoms. The Kier molecular flexibility index (Phi) is 7.25. The van der Waals surface area contributed by atoms with E-state index in [9.17, 15) is 4.79 Å². The lowest BCUT2D eigenvalue weighted by Crippen LogP contribution is -2.40. The van der Waals surface area contributed by atoms with Crippen LogP contribution in [0.15, 0.2) is 59.4 Å². The molecule has 0 amide bonds. The van der Waals surface area contributed by atoms with E-state index in [1.54, 1.807) is 7.11 Å². The lowest BCUT2D eigenvalue weighted by atomic mass is 10.1. The molecule has 0 aliphatic heterocycles. The Bertz CT molecular complexity index is 1020. The zero-order valence-electron chi connectivity index (χ0n) is 16.9. The number of hydrogen-bond donors (Lipinski definition) is 2. The highest BCUT2D eigenvalue weighted by Crippen LogP contribution is 2.19. The standard InChI is InChI=1S/C23H27N3O2S/c1-3-4-12-24-23(29)26(15-17-8-6-5-7-9-17)16-19-13-18-10-11-20(28-2)14-21(18)25-22(19)27/h5-11,13-14H,3-4,12,15-16H2,1-2H3,(H,24,29)(H,25,27). The van der Waals surface area contributed by atoms with E-state index in [4.69, 9.17) is 17.0 Å². The Morgan fingerprint density at radius 3 is 2.66 bits per heavy atom. The Morgan fingerprint density at radius 2 is 1.93 bits per heavy atom. The van der Waals surface area contributed by atoms with E-state index in [1.807, 2.05) is 47.4 Å². The predicted octanol–water partition coefficient (Wildman–Crippen LogP) is 4.21. The summed E-state index contributed by atoms with van der Waals surface area (Å²) in [6.07, 6.45) is 2.15. The van der Waals surface area contributed by atoms with Gasteiger partial charge in [0.15, 0.2) is 5.11 Å². The summed E-state index contributed by atoms with van der Waals surface area (Å²) in [5.41, 5.74) is 2.48. The van der Waals surface area contributed by atoms with Crippen LogP contribution in [0.3, 0.4) is 0 Å². The number of ether oxygens (including phenoxy) is 1. The van der Waals surface area contributed by atoms with Crippen molar-refractivity contribution >= 4 is 28.2 Å². The Labute approximate surface area is 176 Å². The number of rotatable bonds is 8. The number of unbranched alkanes of at least 4 members (excludes halogenated alkanes) is 1. The van der Waals surface area contributed by atoms with E-state index in [1.165, 1.54) is 0 Å². The average molecular weight is 410 g/mol. The van der Waals surface area contributed by atoms with Crippen molar-refractivity contribution in [2.24, 2.45) is 0 Å². The summed E-state index contributed by atoms with van der Waals surface area (Å²) < 4.78 is 5.25. The molecule has 0 radical (unpaired) electrons. The van der Waals surface area contributed by atoms with E-state index in [-0.39, 0.29) is 5.56 Å². The van der Waals surface area contributed by atoms with Crippen LogP contribution in [0.2, 0.25) is 0 Å². The van der Waals surface area contributed by atoms with Crippen molar-refractivity contribution in [1.29, 1.82) is 0 Å². The number of pyridine rings is 1. The van der Waals surface area contributed by atoms with Crippen molar-refractivity contribution in [1.82, 2.24) is 15.2 Å². The summed E-state index contributed by atoms with van der Waals surface area (Å²) in [6, 6.07) is 17.8. The van der Waals surface area contributed by atoms with E-state index in [2.05, 4.69) is 29.4 Å². The van der Waals surface area contributed by atoms with Gasteiger partial charge in [0, 0.05) is 24.7 Å². The predicted molar refractivity (Wildman–Crippen MR) is 122 cm³/mol. The fourth-order valence-electron chi connectivity index (χ4n) is 3.16. The van der Waals surface area contributed by atoms with Gasteiger partial charge in [-0.2, -0.15) is 0 Å². The van der Waals surface area contributed by atoms with Gasteiger partial charge in [-0.15, -0.1) is 0 Å². The van der Waals surface area contributed by atoms with Gasteiger partial charge in [0.1, 0.15) is 5.75 Å². The number of aromatic nitrogens is 1. The van der Waals surface area contributed by atoms with Crippen LogP contribution in [0.5, 0.6) is 5.75 Å². The summed E-state index contributed by atoms with van der Waals surface area (Å²) in [4.78, 5) is 17.7. The lowest BCUT2D eigenvalue weighted by Gasteiger charge is -2.26. The molecule has 0 aliphatic rings. The highest BCUT2D eigenvalue weighted by molar-refractivity contribution is 7.80. The molecular formula is C23H27N3O2S. The van der Waals surface area contributed by atoms with Gasteiger partial charge in [0.05, 0.1) is 19.2 Å². The Balaban J connectivity index is 1.86. The highest BCUT2D eigenvalue weighted by atomic mass is 32.1. The quantitative estimate of drug-likeness (QED) is 0.431. The fourth-order valence-corrected chi connectivity index (χ4v) is 3.39. The zero-order chi connectivity index (χ0) is 20.6. The van der Waals surface area contributed by atoms with Gasteiger partial charge in [-0.25, -0.2) is 0 Å². The molecule has 6 heteroatoms. The first-order valence-corrected chi connectivity index (χ1v) is 10.3. The van der Waals surface area contributed by atoms with E-state index < -0.39 is 0 Å². The molecule has 0 aliphatic carbocycles. The first-order chi connectivity index (χ1) is 14.1. The molecule has 2 aromatic carbocycles.